The monoisotopic (exact) mass is 385 g/mol. The Balaban J connectivity index is 1.68. The van der Waals surface area contributed by atoms with E-state index in [1.165, 1.54) is 11.8 Å². The highest BCUT2D eigenvalue weighted by Gasteiger charge is 2.13. The zero-order chi connectivity index (χ0) is 19.2. The molecule has 27 heavy (non-hydrogen) atoms. The summed E-state index contributed by atoms with van der Waals surface area (Å²) >= 11 is 1.24. The molecule has 0 saturated carbocycles. The van der Waals surface area contributed by atoms with E-state index in [4.69, 9.17) is 9.47 Å². The summed E-state index contributed by atoms with van der Waals surface area (Å²) in [4.78, 5) is 12.3. The molecule has 3 rings (SSSR count). The highest BCUT2D eigenvalue weighted by molar-refractivity contribution is 7.99. The lowest BCUT2D eigenvalue weighted by Crippen LogP contribution is -2.15. The molecule has 9 heteroatoms. The second-order valence-corrected chi connectivity index (χ2v) is 6.56. The SMILES string of the molecule is COc1cccc(-n2nnnc2SCC(=O)Nc2cc(C)ccc2OC)c1. The lowest BCUT2D eigenvalue weighted by Gasteiger charge is -2.11. The normalized spacial score (nSPS) is 10.5. The van der Waals surface area contributed by atoms with Crippen LogP contribution >= 0.6 is 11.8 Å². The third-order valence-corrected chi connectivity index (χ3v) is 4.62. The molecular weight excluding hydrogens is 366 g/mol. The molecule has 1 amide bonds. The van der Waals surface area contributed by atoms with E-state index in [0.717, 1.165) is 11.3 Å². The summed E-state index contributed by atoms with van der Waals surface area (Å²) in [7, 11) is 3.16. The molecule has 1 heterocycles. The van der Waals surface area contributed by atoms with E-state index in [9.17, 15) is 4.79 Å². The number of carbonyl (C=O) groups excluding carboxylic acids is 1. The van der Waals surface area contributed by atoms with Gasteiger partial charge < -0.3 is 14.8 Å². The molecule has 1 aromatic heterocycles. The molecule has 0 bridgehead atoms. The van der Waals surface area contributed by atoms with Crippen molar-refractivity contribution >= 4 is 23.4 Å². The molecular formula is C18H19N5O3S. The second-order valence-electron chi connectivity index (χ2n) is 5.62. The van der Waals surface area contributed by atoms with Gasteiger partial charge in [0.15, 0.2) is 0 Å². The fourth-order valence-corrected chi connectivity index (χ4v) is 3.10. The van der Waals surface area contributed by atoms with Gasteiger partial charge in [-0.3, -0.25) is 4.79 Å². The van der Waals surface area contributed by atoms with E-state index in [1.807, 2.05) is 49.4 Å². The number of ether oxygens (including phenoxy) is 2. The molecule has 3 aromatic rings. The number of tetrazole rings is 1. The number of aryl methyl sites for hydroxylation is 1. The first-order valence-electron chi connectivity index (χ1n) is 8.11. The van der Waals surface area contributed by atoms with E-state index in [2.05, 4.69) is 20.8 Å². The zero-order valence-electron chi connectivity index (χ0n) is 15.2. The van der Waals surface area contributed by atoms with Crippen LogP contribution in [0.15, 0.2) is 47.6 Å². The Hall–Kier alpha value is -3.07. The maximum atomic E-state index is 12.3. The van der Waals surface area contributed by atoms with Crippen molar-refractivity contribution in [2.24, 2.45) is 0 Å². The van der Waals surface area contributed by atoms with Crippen molar-refractivity contribution in [2.45, 2.75) is 12.1 Å². The van der Waals surface area contributed by atoms with Crippen molar-refractivity contribution in [2.75, 3.05) is 25.3 Å². The van der Waals surface area contributed by atoms with Crippen LogP contribution in [0.5, 0.6) is 11.5 Å². The van der Waals surface area contributed by atoms with Crippen molar-refractivity contribution in [3.05, 3.63) is 48.0 Å². The van der Waals surface area contributed by atoms with Gasteiger partial charge in [0, 0.05) is 6.07 Å². The molecule has 140 valence electrons. The second kappa shape index (κ2) is 8.54. The molecule has 0 aliphatic rings. The van der Waals surface area contributed by atoms with Gasteiger partial charge in [0.2, 0.25) is 11.1 Å². The molecule has 2 aromatic carbocycles. The van der Waals surface area contributed by atoms with Gasteiger partial charge in [-0.25, -0.2) is 0 Å². The number of carbonyl (C=O) groups is 1. The van der Waals surface area contributed by atoms with Crippen LogP contribution in [0, 0.1) is 6.92 Å². The third-order valence-electron chi connectivity index (χ3n) is 3.70. The number of thioether (sulfide) groups is 1. The summed E-state index contributed by atoms with van der Waals surface area (Å²) in [6.45, 7) is 1.95. The highest BCUT2D eigenvalue weighted by atomic mass is 32.2. The number of hydrogen-bond acceptors (Lipinski definition) is 7. The minimum Gasteiger partial charge on any atom is -0.497 e. The fraction of sp³-hybridized carbons (Fsp3) is 0.222. The van der Waals surface area contributed by atoms with Crippen molar-refractivity contribution in [1.29, 1.82) is 0 Å². The van der Waals surface area contributed by atoms with Gasteiger partial charge in [0.25, 0.3) is 0 Å². The number of nitrogens with one attached hydrogen (secondary N) is 1. The summed E-state index contributed by atoms with van der Waals surface area (Å²) in [6, 6.07) is 13.0. The van der Waals surface area contributed by atoms with Gasteiger partial charge in [-0.2, -0.15) is 4.68 Å². The summed E-state index contributed by atoms with van der Waals surface area (Å²) in [5, 5.41) is 15.1. The van der Waals surface area contributed by atoms with Gasteiger partial charge in [-0.05, 0) is 47.2 Å². The number of amides is 1. The molecule has 0 aliphatic heterocycles. The Labute approximate surface area is 160 Å². The highest BCUT2D eigenvalue weighted by Crippen LogP contribution is 2.26. The maximum Gasteiger partial charge on any atom is 0.234 e. The summed E-state index contributed by atoms with van der Waals surface area (Å²) < 4.78 is 12.1. The van der Waals surface area contributed by atoms with E-state index in [0.29, 0.717) is 22.3 Å². The van der Waals surface area contributed by atoms with Gasteiger partial charge in [-0.1, -0.05) is 23.9 Å². The predicted octanol–water partition coefficient (Wildman–Crippen LogP) is 2.72. The molecule has 0 atom stereocenters. The number of methoxy groups -OCH3 is 2. The van der Waals surface area contributed by atoms with Crippen molar-refractivity contribution < 1.29 is 14.3 Å². The number of benzene rings is 2. The standard InChI is InChI=1S/C18H19N5O3S/c1-12-7-8-16(26-3)15(9-12)19-17(24)11-27-18-20-21-22-23(18)13-5-4-6-14(10-13)25-2/h4-10H,11H2,1-3H3,(H,19,24). The van der Waals surface area contributed by atoms with E-state index in [-0.39, 0.29) is 11.7 Å². The van der Waals surface area contributed by atoms with Crippen LogP contribution in [0.1, 0.15) is 5.56 Å². The van der Waals surface area contributed by atoms with Gasteiger partial charge in [0.05, 0.1) is 31.3 Å². The fourth-order valence-electron chi connectivity index (χ4n) is 2.41. The minimum absolute atomic E-state index is 0.154. The van der Waals surface area contributed by atoms with Gasteiger partial charge in [-0.15, -0.1) is 5.10 Å². The first-order valence-corrected chi connectivity index (χ1v) is 9.09. The van der Waals surface area contributed by atoms with Crippen LogP contribution in [-0.4, -0.2) is 46.1 Å². The van der Waals surface area contributed by atoms with Crippen LogP contribution in [0.4, 0.5) is 5.69 Å². The predicted molar refractivity (Wildman–Crippen MR) is 103 cm³/mol. The first-order chi connectivity index (χ1) is 13.1. The van der Waals surface area contributed by atoms with Gasteiger partial charge >= 0.3 is 0 Å². The third kappa shape index (κ3) is 4.56. The molecule has 8 nitrogen and oxygen atoms in total. The van der Waals surface area contributed by atoms with Crippen molar-refractivity contribution in [3.63, 3.8) is 0 Å². The summed E-state index contributed by atoms with van der Waals surface area (Å²) in [5.41, 5.74) is 2.42. The molecule has 0 unspecified atom stereocenters. The summed E-state index contributed by atoms with van der Waals surface area (Å²) in [5.74, 6) is 1.29. The maximum absolute atomic E-state index is 12.3. The largest absolute Gasteiger partial charge is 0.497 e. The van der Waals surface area contributed by atoms with Crippen molar-refractivity contribution in [1.82, 2.24) is 20.2 Å². The van der Waals surface area contributed by atoms with Crippen LogP contribution in [-0.2, 0) is 4.79 Å². The van der Waals surface area contributed by atoms with E-state index in [1.54, 1.807) is 18.9 Å². The molecule has 0 saturated heterocycles. The lowest BCUT2D eigenvalue weighted by molar-refractivity contribution is -0.113. The smallest absolute Gasteiger partial charge is 0.234 e. The molecule has 1 N–H and O–H groups in total. The zero-order valence-corrected chi connectivity index (χ0v) is 16.0. The van der Waals surface area contributed by atoms with Crippen LogP contribution < -0.4 is 14.8 Å². The van der Waals surface area contributed by atoms with E-state index >= 15 is 0 Å². The Kier molecular flexibility index (Phi) is 5.92. The minimum atomic E-state index is -0.177. The topological polar surface area (TPSA) is 91.2 Å². The van der Waals surface area contributed by atoms with Crippen LogP contribution in [0.25, 0.3) is 5.69 Å². The molecule has 0 spiro atoms. The van der Waals surface area contributed by atoms with Crippen molar-refractivity contribution in [3.8, 4) is 17.2 Å². The number of rotatable bonds is 7. The summed E-state index contributed by atoms with van der Waals surface area (Å²) in [6.07, 6.45) is 0. The number of anilines is 1. The molecule has 0 fully saturated rings. The Morgan fingerprint density at radius 3 is 2.81 bits per heavy atom. The molecule has 0 radical (unpaired) electrons. The lowest BCUT2D eigenvalue weighted by atomic mass is 10.2. The number of hydrogen-bond donors (Lipinski definition) is 1. The average molecular weight is 385 g/mol. The van der Waals surface area contributed by atoms with Gasteiger partial charge in [0.1, 0.15) is 11.5 Å². The van der Waals surface area contributed by atoms with Crippen LogP contribution in [0.3, 0.4) is 0 Å². The number of nitrogens with zero attached hydrogens (tertiary/aromatic N) is 4. The Morgan fingerprint density at radius 2 is 2.04 bits per heavy atom. The molecule has 0 aliphatic carbocycles. The quantitative estimate of drug-likeness (QED) is 0.625. The van der Waals surface area contributed by atoms with E-state index < -0.39 is 0 Å². The Morgan fingerprint density at radius 1 is 1.19 bits per heavy atom. The average Bonchev–Trinajstić information content (AvgIpc) is 3.15. The Bertz CT molecular complexity index is 944. The first kappa shape index (κ1) is 18.7. The van der Waals surface area contributed by atoms with Crippen LogP contribution in [0.2, 0.25) is 0 Å². The number of aromatic nitrogens is 4.